The molecule has 11 heteroatoms. The van der Waals surface area contributed by atoms with Crippen molar-refractivity contribution in [2.24, 2.45) is 5.73 Å². The molecule has 0 saturated heterocycles. The maximum atomic E-state index is 13.3. The normalized spacial score (nSPS) is 11.1. The summed E-state index contributed by atoms with van der Waals surface area (Å²) in [4.78, 5) is 41.0. The molecule has 0 atom stereocenters. The van der Waals surface area contributed by atoms with Crippen molar-refractivity contribution in [3.63, 3.8) is 0 Å². The van der Waals surface area contributed by atoms with Gasteiger partial charge >= 0.3 is 0 Å². The lowest BCUT2D eigenvalue weighted by atomic mass is 9.93. The summed E-state index contributed by atoms with van der Waals surface area (Å²) in [6, 6.07) is 19.7. The highest BCUT2D eigenvalue weighted by atomic mass is 32.1. The quantitative estimate of drug-likeness (QED) is 0.199. The van der Waals surface area contributed by atoms with E-state index in [1.165, 1.54) is 24.3 Å². The molecule has 0 fully saturated rings. The Labute approximate surface area is 236 Å². The molecule has 0 aliphatic carbocycles. The van der Waals surface area contributed by atoms with E-state index in [2.05, 4.69) is 25.2 Å². The van der Waals surface area contributed by atoms with Crippen LogP contribution in [0.1, 0.15) is 36.8 Å². The number of aromatic amines is 1. The summed E-state index contributed by atoms with van der Waals surface area (Å²) in [7, 11) is 0. The van der Waals surface area contributed by atoms with Crippen LogP contribution in [0.2, 0.25) is 0 Å². The second kappa shape index (κ2) is 10.3. The molecule has 6 rings (SSSR count). The van der Waals surface area contributed by atoms with E-state index in [0.29, 0.717) is 33.5 Å². The van der Waals surface area contributed by atoms with Crippen LogP contribution in [0.15, 0.2) is 78.2 Å². The van der Waals surface area contributed by atoms with E-state index in [0.717, 1.165) is 39.0 Å². The molecule has 9 nitrogen and oxygen atoms in total. The third-order valence-electron chi connectivity index (χ3n) is 6.85. The zero-order valence-electron chi connectivity index (χ0n) is 21.5. The number of carbonyl (C=O) groups is 3. The smallest absolute Gasteiger partial charge is 0.277 e. The van der Waals surface area contributed by atoms with Gasteiger partial charge in [0.1, 0.15) is 5.82 Å². The number of H-pyrrole nitrogens is 1. The number of anilines is 2. The van der Waals surface area contributed by atoms with Crippen molar-refractivity contribution < 1.29 is 18.8 Å². The highest BCUT2D eigenvalue weighted by molar-refractivity contribution is 7.03. The lowest BCUT2D eigenvalue weighted by Gasteiger charge is -2.15. The van der Waals surface area contributed by atoms with E-state index in [4.69, 9.17) is 5.73 Å². The number of rotatable bonds is 6. The summed E-state index contributed by atoms with van der Waals surface area (Å²) in [5.74, 6) is -1.76. The van der Waals surface area contributed by atoms with Crippen LogP contribution in [0.4, 0.5) is 15.8 Å². The van der Waals surface area contributed by atoms with E-state index in [-0.39, 0.29) is 17.5 Å². The van der Waals surface area contributed by atoms with Gasteiger partial charge in [-0.2, -0.15) is 0 Å². The van der Waals surface area contributed by atoms with Crippen molar-refractivity contribution in [3.05, 3.63) is 106 Å². The van der Waals surface area contributed by atoms with Crippen molar-refractivity contribution >= 4 is 62.4 Å². The Morgan fingerprint density at radius 1 is 0.927 bits per heavy atom. The Balaban J connectivity index is 1.44. The van der Waals surface area contributed by atoms with Crippen LogP contribution in [0.5, 0.6) is 0 Å². The van der Waals surface area contributed by atoms with E-state index >= 15 is 0 Å². The van der Waals surface area contributed by atoms with Crippen LogP contribution >= 0.6 is 11.5 Å². The molecule has 41 heavy (non-hydrogen) atoms. The molecule has 5 N–H and O–H groups in total. The fourth-order valence-electron chi connectivity index (χ4n) is 4.84. The minimum absolute atomic E-state index is 0.215. The Kier molecular flexibility index (Phi) is 6.48. The fourth-order valence-corrected chi connectivity index (χ4v) is 5.27. The maximum Gasteiger partial charge on any atom is 0.277 e. The van der Waals surface area contributed by atoms with Gasteiger partial charge in [-0.1, -0.05) is 28.8 Å². The van der Waals surface area contributed by atoms with E-state index in [1.807, 2.05) is 31.2 Å². The molecule has 3 amide bonds. The molecule has 0 spiro atoms. The predicted octanol–water partition coefficient (Wildman–Crippen LogP) is 5.89. The SMILES string of the molecule is Cc1c(NC(=O)c2ccc(F)cc2)cccc1-c1ccc(C(N)=O)c2[nH]c3cc(NC(=O)c4csnn4)ccc3c12. The molecule has 2 heterocycles. The first-order valence-electron chi connectivity index (χ1n) is 12.4. The van der Waals surface area contributed by atoms with Crippen molar-refractivity contribution in [1.82, 2.24) is 14.6 Å². The van der Waals surface area contributed by atoms with Gasteiger partial charge in [-0.3, -0.25) is 14.4 Å². The number of primary amides is 1. The minimum Gasteiger partial charge on any atom is -0.366 e. The number of nitrogens with two attached hydrogens (primary N) is 1. The number of amides is 3. The standard InChI is InChI=1S/C30H21FN6O3S/c1-15-19(3-2-4-23(15)35-29(39)16-5-7-17(31)8-6-16)20-11-12-22(28(32)38)27-26(20)21-10-9-18(13-24(21)34-27)33-30(40)25-14-41-37-36-25/h2-14,34H,1H3,(H2,32,38)(H,33,40)(H,35,39). The highest BCUT2D eigenvalue weighted by Gasteiger charge is 2.19. The lowest BCUT2D eigenvalue weighted by Crippen LogP contribution is -2.13. The first-order chi connectivity index (χ1) is 19.8. The summed E-state index contributed by atoms with van der Waals surface area (Å²) in [5.41, 5.74) is 11.4. The van der Waals surface area contributed by atoms with Crippen LogP contribution in [0.25, 0.3) is 32.9 Å². The fraction of sp³-hybridized carbons (Fsp3) is 0.0333. The number of fused-ring (bicyclic) bond motifs is 3. The maximum absolute atomic E-state index is 13.3. The molecule has 0 unspecified atom stereocenters. The van der Waals surface area contributed by atoms with Gasteiger partial charge in [0.15, 0.2) is 5.69 Å². The Morgan fingerprint density at radius 3 is 2.46 bits per heavy atom. The van der Waals surface area contributed by atoms with Crippen molar-refractivity contribution in [3.8, 4) is 11.1 Å². The van der Waals surface area contributed by atoms with Crippen LogP contribution in [0.3, 0.4) is 0 Å². The predicted molar refractivity (Wildman–Crippen MR) is 157 cm³/mol. The van der Waals surface area contributed by atoms with Gasteiger partial charge in [-0.15, -0.1) is 5.10 Å². The first-order valence-corrected chi connectivity index (χ1v) is 13.3. The molecule has 0 aliphatic rings. The number of carbonyl (C=O) groups excluding carboxylic acids is 3. The zero-order valence-corrected chi connectivity index (χ0v) is 22.3. The lowest BCUT2D eigenvalue weighted by molar-refractivity contribution is 0.0997. The monoisotopic (exact) mass is 564 g/mol. The summed E-state index contributed by atoms with van der Waals surface area (Å²) >= 11 is 1.08. The molecular formula is C30H21FN6O3S. The molecule has 4 aromatic carbocycles. The Bertz CT molecular complexity index is 1980. The van der Waals surface area contributed by atoms with Gasteiger partial charge in [0.05, 0.1) is 11.1 Å². The van der Waals surface area contributed by atoms with E-state index in [1.54, 1.807) is 29.6 Å². The second-order valence-electron chi connectivity index (χ2n) is 9.34. The molecule has 0 saturated carbocycles. The van der Waals surface area contributed by atoms with Gasteiger partial charge < -0.3 is 21.4 Å². The van der Waals surface area contributed by atoms with Crippen molar-refractivity contribution in [2.45, 2.75) is 6.92 Å². The van der Waals surface area contributed by atoms with Crippen molar-refractivity contribution in [2.75, 3.05) is 10.6 Å². The first kappa shape index (κ1) is 25.8. The topological polar surface area (TPSA) is 143 Å². The summed E-state index contributed by atoms with van der Waals surface area (Å²) < 4.78 is 17.0. The molecular weight excluding hydrogens is 543 g/mol. The molecule has 0 bridgehead atoms. The minimum atomic E-state index is -0.588. The highest BCUT2D eigenvalue weighted by Crippen LogP contribution is 2.39. The number of aromatic nitrogens is 3. The third-order valence-corrected chi connectivity index (χ3v) is 7.35. The largest absolute Gasteiger partial charge is 0.366 e. The molecule has 6 aromatic rings. The van der Waals surface area contributed by atoms with Gasteiger partial charge in [-0.05, 0) is 83.7 Å². The van der Waals surface area contributed by atoms with Crippen molar-refractivity contribution in [1.29, 1.82) is 0 Å². The average molecular weight is 565 g/mol. The Morgan fingerprint density at radius 2 is 1.73 bits per heavy atom. The molecule has 2 aromatic heterocycles. The average Bonchev–Trinajstić information content (AvgIpc) is 3.63. The molecule has 0 aliphatic heterocycles. The summed E-state index contributed by atoms with van der Waals surface area (Å²) in [6.45, 7) is 1.89. The van der Waals surface area contributed by atoms with E-state index in [9.17, 15) is 18.8 Å². The number of hydrogen-bond donors (Lipinski definition) is 4. The van der Waals surface area contributed by atoms with Crippen LogP contribution in [0, 0.1) is 12.7 Å². The van der Waals surface area contributed by atoms with Gasteiger partial charge in [0, 0.05) is 38.6 Å². The van der Waals surface area contributed by atoms with Crippen LogP contribution < -0.4 is 16.4 Å². The second-order valence-corrected chi connectivity index (χ2v) is 9.95. The van der Waals surface area contributed by atoms with Crippen LogP contribution in [-0.4, -0.2) is 32.3 Å². The van der Waals surface area contributed by atoms with Crippen LogP contribution in [-0.2, 0) is 0 Å². The van der Waals surface area contributed by atoms with Gasteiger partial charge in [0.25, 0.3) is 17.7 Å². The third kappa shape index (κ3) is 4.79. The zero-order chi connectivity index (χ0) is 28.7. The van der Waals surface area contributed by atoms with Gasteiger partial charge in [-0.25, -0.2) is 4.39 Å². The number of nitrogens with one attached hydrogen (secondary N) is 3. The summed E-state index contributed by atoms with van der Waals surface area (Å²) in [6.07, 6.45) is 0. The number of hydrogen-bond acceptors (Lipinski definition) is 6. The summed E-state index contributed by atoms with van der Waals surface area (Å²) in [5, 5.41) is 12.6. The molecule has 0 radical (unpaired) electrons. The van der Waals surface area contributed by atoms with E-state index < -0.39 is 11.7 Å². The number of nitrogens with zero attached hydrogens (tertiary/aromatic N) is 2. The van der Waals surface area contributed by atoms with Gasteiger partial charge in [0.2, 0.25) is 0 Å². The molecule has 202 valence electrons. The number of benzene rings is 4. The Hall–Kier alpha value is -5.42. The number of halogens is 1.